The first-order valence-electron chi connectivity index (χ1n) is 6.54. The minimum atomic E-state index is -3.59. The number of rotatable bonds is 7. The Kier molecular flexibility index (Phi) is 5.09. The molecule has 5 nitrogen and oxygen atoms in total. The van der Waals surface area contributed by atoms with Gasteiger partial charge in [-0.2, -0.15) is 4.31 Å². The highest BCUT2D eigenvalue weighted by atomic mass is 32.2. The summed E-state index contributed by atoms with van der Waals surface area (Å²) in [5.74, 6) is 0. The highest BCUT2D eigenvalue weighted by Gasteiger charge is 2.24. The molecule has 0 saturated heterocycles. The fraction of sp³-hybridized carbons (Fsp3) is 0.462. The van der Waals surface area contributed by atoms with Gasteiger partial charge in [-0.1, -0.05) is 13.3 Å². The molecule has 0 aliphatic carbocycles. The van der Waals surface area contributed by atoms with Gasteiger partial charge >= 0.3 is 0 Å². The average molecular weight is 314 g/mol. The summed E-state index contributed by atoms with van der Waals surface area (Å²) in [6.07, 6.45) is 3.06. The number of hydrogen-bond donors (Lipinski definition) is 1. The molecule has 7 heteroatoms. The van der Waals surface area contributed by atoms with E-state index in [0.29, 0.717) is 6.54 Å². The zero-order valence-corrected chi connectivity index (χ0v) is 13.0. The van der Waals surface area contributed by atoms with E-state index in [2.05, 4.69) is 4.98 Å². The molecule has 0 spiro atoms. The molecule has 2 rings (SSSR count). The maximum absolute atomic E-state index is 12.6. The first-order valence-corrected chi connectivity index (χ1v) is 8.86. The van der Waals surface area contributed by atoms with Gasteiger partial charge in [0.05, 0.1) is 16.8 Å². The smallest absolute Gasteiger partial charge is 0.244 e. The van der Waals surface area contributed by atoms with Crippen molar-refractivity contribution < 1.29 is 13.5 Å². The minimum absolute atomic E-state index is 0.116. The summed E-state index contributed by atoms with van der Waals surface area (Å²) in [5, 5.41) is 11.0. The molecule has 0 atom stereocenters. The molecule has 0 aliphatic heterocycles. The Hall–Kier alpha value is -1.02. The number of pyridine rings is 1. The zero-order valence-electron chi connectivity index (χ0n) is 11.3. The van der Waals surface area contributed by atoms with E-state index >= 15 is 0 Å². The van der Waals surface area contributed by atoms with Crippen LogP contribution in [0.2, 0.25) is 0 Å². The van der Waals surface area contributed by atoms with Crippen molar-refractivity contribution in [3.63, 3.8) is 0 Å². The number of sulfonamides is 1. The Bertz CT molecular complexity index is 667. The van der Waals surface area contributed by atoms with Crippen molar-refractivity contribution >= 4 is 31.6 Å². The van der Waals surface area contributed by atoms with Crippen LogP contribution in [-0.2, 0) is 10.0 Å². The Morgan fingerprint density at radius 1 is 1.40 bits per heavy atom. The van der Waals surface area contributed by atoms with Crippen molar-refractivity contribution in [2.24, 2.45) is 0 Å². The molecule has 0 bridgehead atoms. The fourth-order valence-electron chi connectivity index (χ4n) is 1.92. The lowest BCUT2D eigenvalue weighted by Crippen LogP contribution is -2.34. The summed E-state index contributed by atoms with van der Waals surface area (Å²) in [6, 6.07) is 3.51. The second kappa shape index (κ2) is 6.62. The van der Waals surface area contributed by atoms with Crippen LogP contribution in [0, 0.1) is 0 Å². The van der Waals surface area contributed by atoms with Crippen molar-refractivity contribution in [3.05, 3.63) is 23.7 Å². The number of aliphatic hydroxyl groups excluding tert-OH is 1. The van der Waals surface area contributed by atoms with Crippen molar-refractivity contribution in [2.45, 2.75) is 24.7 Å². The first kappa shape index (κ1) is 15.4. The van der Waals surface area contributed by atoms with Gasteiger partial charge in [0.25, 0.3) is 0 Å². The number of nitrogens with zero attached hydrogens (tertiary/aromatic N) is 2. The van der Waals surface area contributed by atoms with E-state index in [-0.39, 0.29) is 18.0 Å². The summed E-state index contributed by atoms with van der Waals surface area (Å²) in [5.41, 5.74) is 0.802. The SMILES string of the molecule is CCCCN(CCO)S(=O)(=O)c1cnc2ccsc2c1. The van der Waals surface area contributed by atoms with Crippen LogP contribution in [0.1, 0.15) is 19.8 Å². The summed E-state index contributed by atoms with van der Waals surface area (Å²) < 4.78 is 27.3. The molecule has 0 unspecified atom stereocenters. The van der Waals surface area contributed by atoms with Crippen molar-refractivity contribution in [3.8, 4) is 0 Å². The van der Waals surface area contributed by atoms with E-state index in [0.717, 1.165) is 23.1 Å². The predicted molar refractivity (Wildman–Crippen MR) is 80.4 cm³/mol. The van der Waals surface area contributed by atoms with Crippen molar-refractivity contribution in [2.75, 3.05) is 19.7 Å². The molecule has 2 aromatic rings. The van der Waals surface area contributed by atoms with Crippen LogP contribution in [-0.4, -0.2) is 42.5 Å². The number of unbranched alkanes of at least 4 members (excludes halogenated alkanes) is 1. The van der Waals surface area contributed by atoms with E-state index in [9.17, 15) is 8.42 Å². The van der Waals surface area contributed by atoms with Crippen molar-refractivity contribution in [1.29, 1.82) is 0 Å². The highest BCUT2D eigenvalue weighted by Crippen LogP contribution is 2.23. The molecular weight excluding hydrogens is 296 g/mol. The lowest BCUT2D eigenvalue weighted by atomic mass is 10.3. The quantitative estimate of drug-likeness (QED) is 0.849. The summed E-state index contributed by atoms with van der Waals surface area (Å²) >= 11 is 1.47. The van der Waals surface area contributed by atoms with Gasteiger partial charge < -0.3 is 5.11 Å². The summed E-state index contributed by atoms with van der Waals surface area (Å²) in [4.78, 5) is 4.36. The predicted octanol–water partition coefficient (Wildman–Crippen LogP) is 2.08. The topological polar surface area (TPSA) is 70.5 Å². The Labute approximate surface area is 122 Å². The number of thiophene rings is 1. The summed E-state index contributed by atoms with van der Waals surface area (Å²) in [7, 11) is -3.59. The second-order valence-corrected chi connectivity index (χ2v) is 7.34. The lowest BCUT2D eigenvalue weighted by molar-refractivity contribution is 0.252. The van der Waals surface area contributed by atoms with Gasteiger partial charge in [0, 0.05) is 19.3 Å². The van der Waals surface area contributed by atoms with E-state index in [1.807, 2.05) is 18.4 Å². The fourth-order valence-corrected chi connectivity index (χ4v) is 4.21. The van der Waals surface area contributed by atoms with Gasteiger partial charge in [-0.15, -0.1) is 11.3 Å². The third-order valence-corrected chi connectivity index (χ3v) is 5.74. The van der Waals surface area contributed by atoms with Gasteiger partial charge in [-0.05, 0) is 23.9 Å². The second-order valence-electron chi connectivity index (χ2n) is 4.46. The minimum Gasteiger partial charge on any atom is -0.395 e. The number of hydrogen-bond acceptors (Lipinski definition) is 5. The zero-order chi connectivity index (χ0) is 14.6. The molecule has 2 heterocycles. The largest absolute Gasteiger partial charge is 0.395 e. The molecule has 110 valence electrons. The van der Waals surface area contributed by atoms with Crippen LogP contribution in [0.4, 0.5) is 0 Å². The molecule has 0 fully saturated rings. The van der Waals surface area contributed by atoms with Crippen LogP contribution >= 0.6 is 11.3 Å². The monoisotopic (exact) mass is 314 g/mol. The van der Waals surface area contributed by atoms with Gasteiger partial charge in [0.2, 0.25) is 10.0 Å². The van der Waals surface area contributed by atoms with Gasteiger partial charge in [-0.25, -0.2) is 8.42 Å². The van der Waals surface area contributed by atoms with Crippen LogP contribution < -0.4 is 0 Å². The van der Waals surface area contributed by atoms with Crippen LogP contribution in [0.25, 0.3) is 10.2 Å². The average Bonchev–Trinajstić information content (AvgIpc) is 2.90. The van der Waals surface area contributed by atoms with E-state index < -0.39 is 10.0 Å². The molecule has 2 aromatic heterocycles. The van der Waals surface area contributed by atoms with Crippen molar-refractivity contribution in [1.82, 2.24) is 9.29 Å². The highest BCUT2D eigenvalue weighted by molar-refractivity contribution is 7.89. The van der Waals surface area contributed by atoms with Gasteiger partial charge in [0.1, 0.15) is 4.90 Å². The van der Waals surface area contributed by atoms with Crippen LogP contribution in [0.3, 0.4) is 0 Å². The summed E-state index contributed by atoms with van der Waals surface area (Å²) in [6.45, 7) is 2.35. The van der Waals surface area contributed by atoms with Gasteiger partial charge in [-0.3, -0.25) is 4.98 Å². The Morgan fingerprint density at radius 3 is 2.90 bits per heavy atom. The lowest BCUT2D eigenvalue weighted by Gasteiger charge is -2.20. The number of fused-ring (bicyclic) bond motifs is 1. The molecule has 0 saturated carbocycles. The van der Waals surface area contributed by atoms with E-state index in [1.165, 1.54) is 21.8 Å². The van der Waals surface area contributed by atoms with Gasteiger partial charge in [0.15, 0.2) is 0 Å². The first-order chi connectivity index (χ1) is 9.59. The van der Waals surface area contributed by atoms with E-state index in [4.69, 9.17) is 5.11 Å². The third-order valence-electron chi connectivity index (χ3n) is 3.03. The molecular formula is C13H18N2O3S2. The number of aromatic nitrogens is 1. The van der Waals surface area contributed by atoms with Crippen LogP contribution in [0.15, 0.2) is 28.6 Å². The normalized spacial score (nSPS) is 12.3. The standard InChI is InChI=1S/C13H18N2O3S2/c1-2-3-5-15(6-7-16)20(17,18)11-9-13-12(14-10-11)4-8-19-13/h4,8-10,16H,2-3,5-7H2,1H3. The molecule has 0 amide bonds. The number of aliphatic hydroxyl groups is 1. The molecule has 0 aromatic carbocycles. The molecule has 1 N–H and O–H groups in total. The maximum atomic E-state index is 12.6. The molecule has 0 radical (unpaired) electrons. The molecule has 0 aliphatic rings. The Morgan fingerprint density at radius 2 is 2.20 bits per heavy atom. The van der Waals surface area contributed by atoms with E-state index in [1.54, 1.807) is 6.07 Å². The maximum Gasteiger partial charge on any atom is 0.244 e. The van der Waals surface area contributed by atoms with Crippen LogP contribution in [0.5, 0.6) is 0 Å². The molecule has 20 heavy (non-hydrogen) atoms. The third kappa shape index (κ3) is 3.17. The Balaban J connectivity index is 2.34.